The third kappa shape index (κ3) is 3.45. The van der Waals surface area contributed by atoms with Gasteiger partial charge in [0.2, 0.25) is 5.91 Å². The lowest BCUT2D eigenvalue weighted by molar-refractivity contribution is -0.120. The Hall–Kier alpha value is -2.10. The van der Waals surface area contributed by atoms with Crippen LogP contribution in [0.2, 0.25) is 0 Å². The first-order valence-electron chi connectivity index (χ1n) is 5.47. The van der Waals surface area contributed by atoms with Crippen molar-refractivity contribution in [2.24, 2.45) is 0 Å². The van der Waals surface area contributed by atoms with E-state index >= 15 is 0 Å². The molecule has 1 heterocycles. The molecule has 1 aromatic heterocycles. The Balaban J connectivity index is 1.82. The van der Waals surface area contributed by atoms with Gasteiger partial charge in [0, 0.05) is 12.6 Å². The summed E-state index contributed by atoms with van der Waals surface area (Å²) in [5, 5.41) is 6.61. The molecule has 1 aromatic carbocycles. The van der Waals surface area contributed by atoms with E-state index in [2.05, 4.69) is 10.5 Å². The van der Waals surface area contributed by atoms with Crippen LogP contribution in [-0.4, -0.2) is 11.1 Å². The topological polar surface area (TPSA) is 55.1 Å². The Morgan fingerprint density at radius 3 is 2.76 bits per heavy atom. The van der Waals surface area contributed by atoms with Crippen LogP contribution in [0.15, 0.2) is 40.9 Å². The number of amides is 1. The molecule has 0 unspecified atom stereocenters. The van der Waals surface area contributed by atoms with Gasteiger partial charge in [0.25, 0.3) is 0 Å². The lowest BCUT2D eigenvalue weighted by Crippen LogP contribution is -2.24. The van der Waals surface area contributed by atoms with Crippen molar-refractivity contribution in [1.82, 2.24) is 10.5 Å². The maximum atomic E-state index is 11.6. The number of carbonyl (C=O) groups excluding carboxylic acids is 1. The van der Waals surface area contributed by atoms with Crippen molar-refractivity contribution in [3.63, 3.8) is 0 Å². The van der Waals surface area contributed by atoms with Crippen molar-refractivity contribution in [2.75, 3.05) is 0 Å². The predicted molar refractivity (Wildman–Crippen MR) is 63.2 cm³/mol. The minimum atomic E-state index is -0.0536. The van der Waals surface area contributed by atoms with Gasteiger partial charge >= 0.3 is 0 Å². The first kappa shape index (κ1) is 11.4. The van der Waals surface area contributed by atoms with Crippen molar-refractivity contribution < 1.29 is 9.32 Å². The summed E-state index contributed by atoms with van der Waals surface area (Å²) in [6.07, 6.45) is 0.254. The fraction of sp³-hybridized carbons (Fsp3) is 0.231. The van der Waals surface area contributed by atoms with E-state index in [1.807, 2.05) is 30.3 Å². The van der Waals surface area contributed by atoms with Crippen LogP contribution in [0.4, 0.5) is 0 Å². The molecule has 0 fully saturated rings. The van der Waals surface area contributed by atoms with Gasteiger partial charge in [-0.05, 0) is 12.5 Å². The van der Waals surface area contributed by atoms with Crippen LogP contribution in [0.3, 0.4) is 0 Å². The van der Waals surface area contributed by atoms with E-state index in [1.165, 1.54) is 0 Å². The van der Waals surface area contributed by atoms with Gasteiger partial charge in [-0.2, -0.15) is 0 Å². The molecule has 0 saturated heterocycles. The number of nitrogens with zero attached hydrogens (tertiary/aromatic N) is 1. The Kier molecular flexibility index (Phi) is 3.55. The summed E-state index contributed by atoms with van der Waals surface area (Å²) in [5.41, 5.74) is 1.74. The number of rotatable bonds is 4. The van der Waals surface area contributed by atoms with Crippen LogP contribution in [-0.2, 0) is 17.8 Å². The molecule has 0 atom stereocenters. The molecule has 0 saturated carbocycles. The van der Waals surface area contributed by atoms with E-state index in [1.54, 1.807) is 13.0 Å². The van der Waals surface area contributed by atoms with Gasteiger partial charge in [0.15, 0.2) is 0 Å². The summed E-state index contributed by atoms with van der Waals surface area (Å²) in [6, 6.07) is 11.6. The van der Waals surface area contributed by atoms with Crippen molar-refractivity contribution in [2.45, 2.75) is 19.9 Å². The van der Waals surface area contributed by atoms with Gasteiger partial charge in [-0.3, -0.25) is 4.79 Å². The molecule has 17 heavy (non-hydrogen) atoms. The number of aromatic nitrogens is 1. The molecule has 1 amide bonds. The molecule has 0 spiro atoms. The maximum absolute atomic E-state index is 11.6. The highest BCUT2D eigenvalue weighted by molar-refractivity contribution is 5.78. The second-order valence-corrected chi connectivity index (χ2v) is 3.87. The first-order chi connectivity index (χ1) is 8.24. The molecule has 4 heteroatoms. The quantitative estimate of drug-likeness (QED) is 0.872. The smallest absolute Gasteiger partial charge is 0.226 e. The predicted octanol–water partition coefficient (Wildman–Crippen LogP) is 1.84. The molecule has 0 aliphatic rings. The molecule has 0 aliphatic carbocycles. The van der Waals surface area contributed by atoms with Gasteiger partial charge in [0.1, 0.15) is 5.76 Å². The SMILES string of the molecule is Cc1cc(CC(=O)NCc2ccccc2)no1. The second-order valence-electron chi connectivity index (χ2n) is 3.87. The standard InChI is InChI=1S/C13H14N2O2/c1-10-7-12(15-17-10)8-13(16)14-9-11-5-3-2-4-6-11/h2-7H,8-9H2,1H3,(H,14,16). The number of benzene rings is 1. The van der Waals surface area contributed by atoms with Crippen molar-refractivity contribution in [1.29, 1.82) is 0 Å². The summed E-state index contributed by atoms with van der Waals surface area (Å²) >= 11 is 0. The Morgan fingerprint density at radius 1 is 1.35 bits per heavy atom. The molecule has 0 aliphatic heterocycles. The van der Waals surface area contributed by atoms with E-state index in [0.29, 0.717) is 12.2 Å². The lowest BCUT2D eigenvalue weighted by atomic mass is 10.2. The lowest BCUT2D eigenvalue weighted by Gasteiger charge is -2.03. The number of nitrogens with one attached hydrogen (secondary N) is 1. The van der Waals surface area contributed by atoms with E-state index in [-0.39, 0.29) is 12.3 Å². The zero-order valence-corrected chi connectivity index (χ0v) is 9.64. The second kappa shape index (κ2) is 5.30. The van der Waals surface area contributed by atoms with Crippen LogP contribution in [0.25, 0.3) is 0 Å². The molecule has 4 nitrogen and oxygen atoms in total. The van der Waals surface area contributed by atoms with Gasteiger partial charge in [-0.15, -0.1) is 0 Å². The van der Waals surface area contributed by atoms with Crippen LogP contribution in [0, 0.1) is 6.92 Å². The van der Waals surface area contributed by atoms with Gasteiger partial charge in [-0.25, -0.2) is 0 Å². The molecule has 0 bridgehead atoms. The number of aryl methyl sites for hydroxylation is 1. The van der Waals surface area contributed by atoms with Gasteiger partial charge < -0.3 is 9.84 Å². The summed E-state index contributed by atoms with van der Waals surface area (Å²) in [5.74, 6) is 0.665. The van der Waals surface area contributed by atoms with Crippen LogP contribution >= 0.6 is 0 Å². The number of carbonyl (C=O) groups is 1. The van der Waals surface area contributed by atoms with E-state index in [4.69, 9.17) is 4.52 Å². The molecule has 88 valence electrons. The summed E-state index contributed by atoms with van der Waals surface area (Å²) < 4.78 is 4.90. The fourth-order valence-electron chi connectivity index (χ4n) is 1.52. The molecular formula is C13H14N2O2. The van der Waals surface area contributed by atoms with E-state index in [9.17, 15) is 4.79 Å². The third-order valence-corrected chi connectivity index (χ3v) is 2.35. The maximum Gasteiger partial charge on any atom is 0.226 e. The van der Waals surface area contributed by atoms with Crippen LogP contribution in [0.5, 0.6) is 0 Å². The number of hydrogen-bond acceptors (Lipinski definition) is 3. The summed E-state index contributed by atoms with van der Waals surface area (Å²) in [7, 11) is 0. The normalized spacial score (nSPS) is 10.2. The molecular weight excluding hydrogens is 216 g/mol. The molecule has 2 rings (SSSR count). The van der Waals surface area contributed by atoms with Crippen molar-refractivity contribution in [3.8, 4) is 0 Å². The molecule has 2 aromatic rings. The highest BCUT2D eigenvalue weighted by Crippen LogP contribution is 2.02. The van der Waals surface area contributed by atoms with Crippen molar-refractivity contribution in [3.05, 3.63) is 53.4 Å². The van der Waals surface area contributed by atoms with Crippen LogP contribution in [0.1, 0.15) is 17.0 Å². The van der Waals surface area contributed by atoms with Gasteiger partial charge in [-0.1, -0.05) is 35.5 Å². The zero-order chi connectivity index (χ0) is 12.1. The Bertz CT molecular complexity index is 491. The molecule has 1 N–H and O–H groups in total. The monoisotopic (exact) mass is 230 g/mol. The first-order valence-corrected chi connectivity index (χ1v) is 5.47. The van der Waals surface area contributed by atoms with Gasteiger partial charge in [0.05, 0.1) is 12.1 Å². The van der Waals surface area contributed by atoms with Crippen LogP contribution < -0.4 is 5.32 Å². The Morgan fingerprint density at radius 2 is 2.12 bits per heavy atom. The number of hydrogen-bond donors (Lipinski definition) is 1. The minimum Gasteiger partial charge on any atom is -0.361 e. The van der Waals surface area contributed by atoms with E-state index < -0.39 is 0 Å². The average molecular weight is 230 g/mol. The van der Waals surface area contributed by atoms with E-state index in [0.717, 1.165) is 11.3 Å². The Labute approximate surface area is 99.6 Å². The highest BCUT2D eigenvalue weighted by atomic mass is 16.5. The fourth-order valence-corrected chi connectivity index (χ4v) is 1.52. The summed E-state index contributed by atoms with van der Waals surface area (Å²) in [6.45, 7) is 2.34. The highest BCUT2D eigenvalue weighted by Gasteiger charge is 2.06. The summed E-state index contributed by atoms with van der Waals surface area (Å²) in [4.78, 5) is 11.6. The largest absolute Gasteiger partial charge is 0.361 e. The zero-order valence-electron chi connectivity index (χ0n) is 9.64. The minimum absolute atomic E-state index is 0.0536. The average Bonchev–Trinajstić information content (AvgIpc) is 2.73. The van der Waals surface area contributed by atoms with Crippen molar-refractivity contribution >= 4 is 5.91 Å². The third-order valence-electron chi connectivity index (χ3n) is 2.35. The molecule has 0 radical (unpaired) electrons.